The first kappa shape index (κ1) is 14.3. The van der Waals surface area contributed by atoms with Gasteiger partial charge in [0, 0.05) is 24.9 Å². The van der Waals surface area contributed by atoms with Crippen LogP contribution >= 0.6 is 11.8 Å². The van der Waals surface area contributed by atoms with E-state index in [-0.39, 0.29) is 0 Å². The van der Waals surface area contributed by atoms with Gasteiger partial charge in [0.25, 0.3) is 0 Å². The highest BCUT2D eigenvalue weighted by Crippen LogP contribution is 1.98. The first-order valence-electron chi connectivity index (χ1n) is 5.47. The van der Waals surface area contributed by atoms with E-state index >= 15 is 0 Å². The first-order chi connectivity index (χ1) is 6.57. The zero-order valence-electron chi connectivity index (χ0n) is 10.3. The molecule has 14 heavy (non-hydrogen) atoms. The Balaban J connectivity index is 3.46. The monoisotopic (exact) mass is 218 g/mol. The molecule has 0 spiro atoms. The molecule has 0 heterocycles. The van der Waals surface area contributed by atoms with E-state index in [4.69, 9.17) is 0 Å². The van der Waals surface area contributed by atoms with E-state index in [1.807, 2.05) is 11.8 Å². The molecular weight excluding hydrogens is 192 g/mol. The minimum atomic E-state index is 0.640. The standard InChI is InChI=1S/C11H26N2S/c1-10(2)8-12-9-11(3)13(4)6-7-14-5/h10-12H,6-9H2,1-5H3. The molecule has 0 aromatic carbocycles. The molecule has 0 bridgehead atoms. The molecular formula is C11H26N2S. The lowest BCUT2D eigenvalue weighted by atomic mass is 10.2. The van der Waals surface area contributed by atoms with Crippen molar-refractivity contribution in [3.8, 4) is 0 Å². The van der Waals surface area contributed by atoms with E-state index < -0.39 is 0 Å². The van der Waals surface area contributed by atoms with Crippen LogP contribution in [0.15, 0.2) is 0 Å². The highest BCUT2D eigenvalue weighted by Gasteiger charge is 2.07. The van der Waals surface area contributed by atoms with E-state index in [1.54, 1.807) is 0 Å². The lowest BCUT2D eigenvalue weighted by Crippen LogP contribution is -2.39. The summed E-state index contributed by atoms with van der Waals surface area (Å²) in [4.78, 5) is 2.42. The minimum absolute atomic E-state index is 0.640. The van der Waals surface area contributed by atoms with Gasteiger partial charge in [-0.3, -0.25) is 0 Å². The van der Waals surface area contributed by atoms with Crippen molar-refractivity contribution in [2.45, 2.75) is 26.8 Å². The molecule has 0 aliphatic rings. The average Bonchev–Trinajstić information content (AvgIpc) is 2.13. The highest BCUT2D eigenvalue weighted by molar-refractivity contribution is 7.98. The molecule has 1 atom stereocenters. The lowest BCUT2D eigenvalue weighted by molar-refractivity contribution is 0.263. The number of thioether (sulfide) groups is 1. The van der Waals surface area contributed by atoms with E-state index in [1.165, 1.54) is 12.3 Å². The third-order valence-electron chi connectivity index (χ3n) is 2.39. The SMILES string of the molecule is CSCCN(C)C(C)CNCC(C)C. The van der Waals surface area contributed by atoms with Gasteiger partial charge in [0.2, 0.25) is 0 Å². The minimum Gasteiger partial charge on any atom is -0.315 e. The van der Waals surface area contributed by atoms with Gasteiger partial charge in [-0.15, -0.1) is 0 Å². The molecule has 0 aromatic rings. The molecule has 86 valence electrons. The Morgan fingerprint density at radius 1 is 1.21 bits per heavy atom. The largest absolute Gasteiger partial charge is 0.315 e. The van der Waals surface area contributed by atoms with Crippen LogP contribution in [0.4, 0.5) is 0 Å². The van der Waals surface area contributed by atoms with Gasteiger partial charge in [0.15, 0.2) is 0 Å². The fraction of sp³-hybridized carbons (Fsp3) is 1.00. The van der Waals surface area contributed by atoms with Crippen molar-refractivity contribution < 1.29 is 0 Å². The number of rotatable bonds is 8. The van der Waals surface area contributed by atoms with E-state index in [2.05, 4.69) is 44.3 Å². The second-order valence-corrected chi connectivity index (χ2v) is 5.36. The van der Waals surface area contributed by atoms with Crippen LogP contribution in [-0.2, 0) is 0 Å². The lowest BCUT2D eigenvalue weighted by Gasteiger charge is -2.25. The van der Waals surface area contributed by atoms with Crippen LogP contribution < -0.4 is 5.32 Å². The Labute approximate surface area is 93.8 Å². The van der Waals surface area contributed by atoms with E-state index in [9.17, 15) is 0 Å². The predicted molar refractivity (Wildman–Crippen MR) is 68.2 cm³/mol. The van der Waals surface area contributed by atoms with Crippen molar-refractivity contribution >= 4 is 11.8 Å². The smallest absolute Gasteiger partial charge is 0.0189 e. The number of nitrogens with zero attached hydrogens (tertiary/aromatic N) is 1. The molecule has 0 saturated carbocycles. The van der Waals surface area contributed by atoms with Crippen molar-refractivity contribution in [3.63, 3.8) is 0 Å². The average molecular weight is 218 g/mol. The summed E-state index contributed by atoms with van der Waals surface area (Å²) in [5.41, 5.74) is 0. The maximum atomic E-state index is 3.49. The summed E-state index contributed by atoms with van der Waals surface area (Å²) in [5, 5.41) is 3.49. The van der Waals surface area contributed by atoms with Crippen LogP contribution in [0.3, 0.4) is 0 Å². The van der Waals surface area contributed by atoms with Crippen molar-refractivity contribution in [2.24, 2.45) is 5.92 Å². The van der Waals surface area contributed by atoms with Gasteiger partial charge < -0.3 is 10.2 Å². The molecule has 0 rings (SSSR count). The summed E-state index contributed by atoms with van der Waals surface area (Å²) >= 11 is 1.91. The van der Waals surface area contributed by atoms with Gasteiger partial charge in [-0.05, 0) is 32.7 Å². The Morgan fingerprint density at radius 3 is 2.36 bits per heavy atom. The van der Waals surface area contributed by atoms with Crippen molar-refractivity contribution in [2.75, 3.05) is 38.7 Å². The summed E-state index contributed by atoms with van der Waals surface area (Å²) in [6, 6.07) is 0.640. The van der Waals surface area contributed by atoms with Crippen LogP contribution in [0.25, 0.3) is 0 Å². The summed E-state index contributed by atoms with van der Waals surface area (Å²) < 4.78 is 0. The molecule has 0 amide bonds. The van der Waals surface area contributed by atoms with Crippen LogP contribution in [0.1, 0.15) is 20.8 Å². The molecule has 0 aliphatic heterocycles. The topological polar surface area (TPSA) is 15.3 Å². The molecule has 0 radical (unpaired) electrons. The fourth-order valence-electron chi connectivity index (χ4n) is 1.19. The van der Waals surface area contributed by atoms with Crippen molar-refractivity contribution in [1.29, 1.82) is 0 Å². The Kier molecular flexibility index (Phi) is 8.73. The van der Waals surface area contributed by atoms with Crippen LogP contribution in [-0.4, -0.2) is 49.6 Å². The van der Waals surface area contributed by atoms with Gasteiger partial charge in [0.05, 0.1) is 0 Å². The zero-order chi connectivity index (χ0) is 11.0. The quantitative estimate of drug-likeness (QED) is 0.670. The maximum absolute atomic E-state index is 3.49. The van der Waals surface area contributed by atoms with Crippen LogP contribution in [0.5, 0.6) is 0 Å². The Hall–Kier alpha value is 0.270. The first-order valence-corrected chi connectivity index (χ1v) is 6.87. The zero-order valence-corrected chi connectivity index (χ0v) is 11.2. The van der Waals surface area contributed by atoms with Crippen LogP contribution in [0.2, 0.25) is 0 Å². The van der Waals surface area contributed by atoms with E-state index in [0.717, 1.165) is 19.0 Å². The molecule has 0 aromatic heterocycles. The van der Waals surface area contributed by atoms with Gasteiger partial charge in [-0.1, -0.05) is 13.8 Å². The molecule has 1 unspecified atom stereocenters. The van der Waals surface area contributed by atoms with Gasteiger partial charge in [0.1, 0.15) is 0 Å². The summed E-state index contributed by atoms with van der Waals surface area (Å²) in [7, 11) is 2.21. The molecule has 2 nitrogen and oxygen atoms in total. The molecule has 0 aliphatic carbocycles. The third-order valence-corrected chi connectivity index (χ3v) is 2.98. The highest BCUT2D eigenvalue weighted by atomic mass is 32.2. The maximum Gasteiger partial charge on any atom is 0.0189 e. The Morgan fingerprint density at radius 2 is 1.86 bits per heavy atom. The van der Waals surface area contributed by atoms with Crippen molar-refractivity contribution in [1.82, 2.24) is 10.2 Å². The second-order valence-electron chi connectivity index (χ2n) is 4.37. The van der Waals surface area contributed by atoms with Gasteiger partial charge >= 0.3 is 0 Å². The normalized spacial score (nSPS) is 13.9. The van der Waals surface area contributed by atoms with Crippen LogP contribution in [0, 0.1) is 5.92 Å². The van der Waals surface area contributed by atoms with Gasteiger partial charge in [-0.2, -0.15) is 11.8 Å². The molecule has 3 heteroatoms. The predicted octanol–water partition coefficient (Wildman–Crippen LogP) is 1.92. The van der Waals surface area contributed by atoms with Gasteiger partial charge in [-0.25, -0.2) is 0 Å². The number of hydrogen-bond donors (Lipinski definition) is 1. The number of likely N-dealkylation sites (N-methyl/N-ethyl adjacent to an activating group) is 1. The van der Waals surface area contributed by atoms with E-state index in [0.29, 0.717) is 6.04 Å². The third kappa shape index (κ3) is 7.65. The molecule has 0 saturated heterocycles. The summed E-state index contributed by atoms with van der Waals surface area (Å²) in [5.74, 6) is 1.98. The molecule has 1 N–H and O–H groups in total. The number of nitrogens with one attached hydrogen (secondary N) is 1. The number of hydrogen-bond acceptors (Lipinski definition) is 3. The summed E-state index contributed by atoms with van der Waals surface area (Å²) in [6.07, 6.45) is 2.16. The summed E-state index contributed by atoms with van der Waals surface area (Å²) in [6.45, 7) is 10.2. The Bertz CT molecular complexity index is 128. The fourth-order valence-corrected chi connectivity index (χ4v) is 1.66. The molecule has 0 fully saturated rings. The van der Waals surface area contributed by atoms with Crippen molar-refractivity contribution in [3.05, 3.63) is 0 Å². The second kappa shape index (κ2) is 8.57.